The molecule has 1 atom stereocenters. The lowest BCUT2D eigenvalue weighted by Crippen LogP contribution is -2.35. The Hall–Kier alpha value is -2.76. The molecule has 6 heteroatoms. The van der Waals surface area contributed by atoms with E-state index in [2.05, 4.69) is 19.9 Å². The Kier molecular flexibility index (Phi) is 4.41. The minimum atomic E-state index is -0.215. The highest BCUT2D eigenvalue weighted by molar-refractivity contribution is 5.37. The number of aromatic nitrogens is 3. The van der Waals surface area contributed by atoms with Gasteiger partial charge in [0, 0.05) is 25.7 Å². The van der Waals surface area contributed by atoms with Crippen molar-refractivity contribution in [2.45, 2.75) is 25.2 Å². The molecule has 0 N–H and O–H groups in total. The van der Waals surface area contributed by atoms with Gasteiger partial charge in [-0.05, 0) is 30.5 Å². The van der Waals surface area contributed by atoms with Gasteiger partial charge in [0.05, 0.1) is 12.1 Å². The number of hydrogen-bond donors (Lipinski definition) is 0. The third kappa shape index (κ3) is 3.52. The average molecular weight is 338 g/mol. The van der Waals surface area contributed by atoms with Crippen LogP contribution in [-0.4, -0.2) is 28.0 Å². The van der Waals surface area contributed by atoms with Crippen LogP contribution in [0.2, 0.25) is 0 Å². The van der Waals surface area contributed by atoms with Crippen molar-refractivity contribution in [1.82, 2.24) is 15.0 Å². The fraction of sp³-hybridized carbons (Fsp3) is 0.316. The molecular formula is C19H19FN4O. The van der Waals surface area contributed by atoms with E-state index in [0.717, 1.165) is 37.6 Å². The maximum absolute atomic E-state index is 13.8. The van der Waals surface area contributed by atoms with E-state index in [4.69, 9.17) is 4.42 Å². The maximum Gasteiger partial charge on any atom is 0.199 e. The van der Waals surface area contributed by atoms with Crippen molar-refractivity contribution in [2.24, 2.45) is 0 Å². The van der Waals surface area contributed by atoms with Gasteiger partial charge in [0.15, 0.2) is 5.89 Å². The first-order valence-corrected chi connectivity index (χ1v) is 8.48. The predicted molar refractivity (Wildman–Crippen MR) is 91.9 cm³/mol. The fourth-order valence-corrected chi connectivity index (χ4v) is 3.28. The minimum absolute atomic E-state index is 0.215. The zero-order valence-electron chi connectivity index (χ0n) is 13.8. The summed E-state index contributed by atoms with van der Waals surface area (Å²) < 4.78 is 19.7. The summed E-state index contributed by atoms with van der Waals surface area (Å²) in [7, 11) is 0. The molecule has 0 amide bonds. The number of nitrogens with zero attached hydrogens (tertiary/aromatic N) is 4. The van der Waals surface area contributed by atoms with Crippen molar-refractivity contribution in [3.63, 3.8) is 0 Å². The Morgan fingerprint density at radius 1 is 1.20 bits per heavy atom. The number of hydrogen-bond acceptors (Lipinski definition) is 5. The molecule has 128 valence electrons. The first kappa shape index (κ1) is 15.7. The molecule has 1 fully saturated rings. The molecule has 1 aliphatic heterocycles. The van der Waals surface area contributed by atoms with E-state index < -0.39 is 0 Å². The van der Waals surface area contributed by atoms with E-state index in [1.165, 1.54) is 6.07 Å². The summed E-state index contributed by atoms with van der Waals surface area (Å²) >= 11 is 0. The molecule has 0 spiro atoms. The Labute approximate surface area is 145 Å². The third-order valence-corrected chi connectivity index (χ3v) is 4.55. The van der Waals surface area contributed by atoms with Gasteiger partial charge in [-0.15, -0.1) is 0 Å². The first-order chi connectivity index (χ1) is 12.3. The summed E-state index contributed by atoms with van der Waals surface area (Å²) in [6.45, 7) is 1.78. The SMILES string of the molecule is Fc1ccccc1Cc1cnc([C@@H]2CCCN(c3ccncn3)C2)o1. The molecule has 0 aliphatic carbocycles. The highest BCUT2D eigenvalue weighted by Crippen LogP contribution is 2.29. The van der Waals surface area contributed by atoms with Gasteiger partial charge in [-0.25, -0.2) is 19.3 Å². The van der Waals surface area contributed by atoms with Crippen molar-refractivity contribution < 1.29 is 8.81 Å². The quantitative estimate of drug-likeness (QED) is 0.728. The number of halogens is 1. The monoisotopic (exact) mass is 338 g/mol. The van der Waals surface area contributed by atoms with Gasteiger partial charge < -0.3 is 9.32 Å². The van der Waals surface area contributed by atoms with Crippen LogP contribution in [0.25, 0.3) is 0 Å². The molecule has 3 heterocycles. The standard InChI is InChI=1S/C19H19FN4O/c20-17-6-2-1-4-14(17)10-16-11-22-19(25-16)15-5-3-9-24(12-15)18-7-8-21-13-23-18/h1-2,4,6-8,11,13,15H,3,5,9-10,12H2/t15-/m1/s1. The van der Waals surface area contributed by atoms with Gasteiger partial charge in [-0.1, -0.05) is 18.2 Å². The first-order valence-electron chi connectivity index (χ1n) is 8.48. The second-order valence-corrected chi connectivity index (χ2v) is 6.29. The van der Waals surface area contributed by atoms with Crippen molar-refractivity contribution in [3.05, 3.63) is 72.1 Å². The highest BCUT2D eigenvalue weighted by Gasteiger charge is 2.26. The van der Waals surface area contributed by atoms with E-state index in [-0.39, 0.29) is 11.7 Å². The van der Waals surface area contributed by atoms with Crippen molar-refractivity contribution in [1.29, 1.82) is 0 Å². The molecule has 1 aromatic carbocycles. The lowest BCUT2D eigenvalue weighted by atomic mass is 9.98. The van der Waals surface area contributed by atoms with E-state index in [9.17, 15) is 4.39 Å². The van der Waals surface area contributed by atoms with E-state index in [1.807, 2.05) is 12.1 Å². The van der Waals surface area contributed by atoms with Gasteiger partial charge in [0.25, 0.3) is 0 Å². The van der Waals surface area contributed by atoms with Crippen molar-refractivity contribution in [2.75, 3.05) is 18.0 Å². The normalized spacial score (nSPS) is 17.6. The molecule has 25 heavy (non-hydrogen) atoms. The van der Waals surface area contributed by atoms with Gasteiger partial charge >= 0.3 is 0 Å². The molecule has 0 unspecified atom stereocenters. The lowest BCUT2D eigenvalue weighted by Gasteiger charge is -2.31. The van der Waals surface area contributed by atoms with Crippen LogP contribution in [0.4, 0.5) is 10.2 Å². The number of oxazole rings is 1. The van der Waals surface area contributed by atoms with Crippen LogP contribution in [-0.2, 0) is 6.42 Å². The molecule has 1 aliphatic rings. The van der Waals surface area contributed by atoms with E-state index in [0.29, 0.717) is 17.7 Å². The van der Waals surface area contributed by atoms with E-state index in [1.54, 1.807) is 30.9 Å². The largest absolute Gasteiger partial charge is 0.445 e. The van der Waals surface area contributed by atoms with Gasteiger partial charge in [0.1, 0.15) is 23.7 Å². The molecule has 5 nitrogen and oxygen atoms in total. The van der Waals surface area contributed by atoms with Crippen LogP contribution >= 0.6 is 0 Å². The van der Waals surface area contributed by atoms with Crippen molar-refractivity contribution in [3.8, 4) is 0 Å². The molecule has 0 radical (unpaired) electrons. The maximum atomic E-state index is 13.8. The summed E-state index contributed by atoms with van der Waals surface area (Å²) in [5, 5.41) is 0. The van der Waals surface area contributed by atoms with E-state index >= 15 is 0 Å². The third-order valence-electron chi connectivity index (χ3n) is 4.55. The number of anilines is 1. The molecule has 0 saturated carbocycles. The van der Waals surface area contributed by atoms with Gasteiger partial charge in [-0.3, -0.25) is 0 Å². The Balaban J connectivity index is 1.47. The molecule has 3 aromatic rings. The number of benzene rings is 1. The molecule has 2 aromatic heterocycles. The van der Waals surface area contributed by atoms with Crippen molar-refractivity contribution >= 4 is 5.82 Å². The average Bonchev–Trinajstić information content (AvgIpc) is 3.13. The molecular weight excluding hydrogens is 319 g/mol. The second-order valence-electron chi connectivity index (χ2n) is 6.29. The summed E-state index contributed by atoms with van der Waals surface area (Å²) in [6.07, 6.45) is 7.54. The summed E-state index contributed by atoms with van der Waals surface area (Å²) in [5.74, 6) is 2.35. The number of rotatable bonds is 4. The zero-order chi connectivity index (χ0) is 17.1. The Morgan fingerprint density at radius 3 is 2.96 bits per heavy atom. The topological polar surface area (TPSA) is 55.1 Å². The second kappa shape index (κ2) is 7.01. The van der Waals surface area contributed by atoms with Crippen LogP contribution in [0.1, 0.15) is 36.0 Å². The molecule has 4 rings (SSSR count). The Morgan fingerprint density at radius 2 is 2.12 bits per heavy atom. The predicted octanol–water partition coefficient (Wildman–Crippen LogP) is 3.58. The zero-order valence-corrected chi connectivity index (χ0v) is 13.8. The van der Waals surface area contributed by atoms with Crippen LogP contribution < -0.4 is 4.90 Å². The van der Waals surface area contributed by atoms with Gasteiger partial charge in [-0.2, -0.15) is 0 Å². The lowest BCUT2D eigenvalue weighted by molar-refractivity contribution is 0.383. The van der Waals surface area contributed by atoms with Crippen LogP contribution in [0.3, 0.4) is 0 Å². The van der Waals surface area contributed by atoms with Gasteiger partial charge in [0.2, 0.25) is 0 Å². The smallest absolute Gasteiger partial charge is 0.199 e. The van der Waals surface area contributed by atoms with Crippen LogP contribution in [0.15, 0.2) is 53.5 Å². The molecule has 0 bridgehead atoms. The molecule has 1 saturated heterocycles. The van der Waals surface area contributed by atoms with Crippen LogP contribution in [0, 0.1) is 5.82 Å². The summed E-state index contributed by atoms with van der Waals surface area (Å²) in [6, 6.07) is 8.68. The highest BCUT2D eigenvalue weighted by atomic mass is 19.1. The summed E-state index contributed by atoms with van der Waals surface area (Å²) in [4.78, 5) is 15.0. The fourth-order valence-electron chi connectivity index (χ4n) is 3.28. The number of piperidine rings is 1. The van der Waals surface area contributed by atoms with Crippen LogP contribution in [0.5, 0.6) is 0 Å². The minimum Gasteiger partial charge on any atom is -0.445 e. The summed E-state index contributed by atoms with van der Waals surface area (Å²) in [5.41, 5.74) is 0.622. The Bertz CT molecular complexity index is 836.